The highest BCUT2D eigenvalue weighted by Gasteiger charge is 2.08. The number of ether oxygens (including phenoxy) is 1. The Bertz CT molecular complexity index is 632. The molecule has 96 valence electrons. The fourth-order valence-electron chi connectivity index (χ4n) is 1.65. The second-order valence-corrected chi connectivity index (χ2v) is 5.07. The molecule has 2 aromatic carbocycles. The summed E-state index contributed by atoms with van der Waals surface area (Å²) in [4.78, 5) is 2.00. The molecule has 0 saturated carbocycles. The van der Waals surface area contributed by atoms with Gasteiger partial charge in [-0.3, -0.25) is 0 Å². The predicted octanol–water partition coefficient (Wildman–Crippen LogP) is 4.18. The lowest BCUT2D eigenvalue weighted by atomic mass is 10.2. The summed E-state index contributed by atoms with van der Waals surface area (Å²) < 4.78 is 6.53. The summed E-state index contributed by atoms with van der Waals surface area (Å²) in [6, 6.07) is 15.3. The van der Waals surface area contributed by atoms with Crippen molar-refractivity contribution >= 4 is 21.6 Å². The fraction of sp³-hybridized carbons (Fsp3) is 0.133. The molecule has 0 saturated heterocycles. The molecule has 0 spiro atoms. The summed E-state index contributed by atoms with van der Waals surface area (Å²) in [5.41, 5.74) is 1.55. The van der Waals surface area contributed by atoms with Gasteiger partial charge < -0.3 is 9.64 Å². The summed E-state index contributed by atoms with van der Waals surface area (Å²) in [5, 5.41) is 9.15. The first-order valence-corrected chi connectivity index (χ1v) is 6.55. The maximum atomic E-state index is 9.15. The van der Waals surface area contributed by atoms with Crippen molar-refractivity contribution in [3.63, 3.8) is 0 Å². The summed E-state index contributed by atoms with van der Waals surface area (Å²) in [6.07, 6.45) is 0. The van der Waals surface area contributed by atoms with Gasteiger partial charge in [-0.05, 0) is 40.2 Å². The first-order chi connectivity index (χ1) is 9.11. The largest absolute Gasteiger partial charge is 0.456 e. The molecule has 0 heterocycles. The number of benzene rings is 2. The van der Waals surface area contributed by atoms with Gasteiger partial charge >= 0.3 is 0 Å². The number of hydrogen-bond donors (Lipinski definition) is 0. The third kappa shape index (κ3) is 3.07. The van der Waals surface area contributed by atoms with Crippen LogP contribution in [0.1, 0.15) is 5.56 Å². The normalized spacial score (nSPS) is 9.79. The Kier molecular flexibility index (Phi) is 4.08. The van der Waals surface area contributed by atoms with Crippen LogP contribution in [0.15, 0.2) is 46.9 Å². The Labute approximate surface area is 121 Å². The second kappa shape index (κ2) is 5.77. The zero-order valence-electron chi connectivity index (χ0n) is 10.7. The Hall–Kier alpha value is -1.99. The lowest BCUT2D eigenvalue weighted by Crippen LogP contribution is -2.08. The van der Waals surface area contributed by atoms with E-state index in [9.17, 15) is 0 Å². The summed E-state index contributed by atoms with van der Waals surface area (Å²) in [7, 11) is 3.94. The van der Waals surface area contributed by atoms with Gasteiger partial charge in [0.15, 0.2) is 0 Å². The van der Waals surface area contributed by atoms with E-state index in [-0.39, 0.29) is 0 Å². The van der Waals surface area contributed by atoms with E-state index in [0.717, 1.165) is 10.2 Å². The molecule has 0 unspecified atom stereocenters. The number of anilines is 1. The number of rotatable bonds is 3. The van der Waals surface area contributed by atoms with Gasteiger partial charge in [0.25, 0.3) is 0 Å². The van der Waals surface area contributed by atoms with E-state index in [1.807, 2.05) is 55.4 Å². The number of hydrogen-bond acceptors (Lipinski definition) is 3. The Morgan fingerprint density at radius 1 is 1.16 bits per heavy atom. The third-order valence-corrected chi connectivity index (χ3v) is 3.31. The molecule has 0 aliphatic carbocycles. The van der Waals surface area contributed by atoms with Crippen LogP contribution in [-0.4, -0.2) is 14.1 Å². The van der Waals surface area contributed by atoms with Crippen molar-refractivity contribution in [3.8, 4) is 17.6 Å². The van der Waals surface area contributed by atoms with Crippen molar-refractivity contribution in [2.75, 3.05) is 19.0 Å². The molecule has 19 heavy (non-hydrogen) atoms. The molecule has 0 radical (unpaired) electrons. The van der Waals surface area contributed by atoms with Crippen LogP contribution in [0.4, 0.5) is 5.69 Å². The molecule has 0 N–H and O–H groups in total. The minimum absolute atomic E-state index is 0.498. The summed E-state index contributed by atoms with van der Waals surface area (Å²) in [5.74, 6) is 1.26. The zero-order chi connectivity index (χ0) is 13.8. The molecule has 2 rings (SSSR count). The van der Waals surface area contributed by atoms with Crippen molar-refractivity contribution in [2.24, 2.45) is 0 Å². The number of nitriles is 1. The van der Waals surface area contributed by atoms with Gasteiger partial charge in [-0.15, -0.1) is 0 Å². The molecular formula is C15H13BrN2O. The predicted molar refractivity (Wildman–Crippen MR) is 79.7 cm³/mol. The molecule has 4 heteroatoms. The molecule has 3 nitrogen and oxygen atoms in total. The smallest absolute Gasteiger partial charge is 0.146 e. The quantitative estimate of drug-likeness (QED) is 0.852. The van der Waals surface area contributed by atoms with Crippen LogP contribution >= 0.6 is 15.9 Å². The van der Waals surface area contributed by atoms with Crippen molar-refractivity contribution in [3.05, 3.63) is 52.5 Å². The molecule has 2 aromatic rings. The van der Waals surface area contributed by atoms with E-state index >= 15 is 0 Å². The SMILES string of the molecule is CN(C)c1cccc(Oc2cccc(Br)c2C#N)c1. The maximum absolute atomic E-state index is 9.15. The number of halogens is 1. The van der Waals surface area contributed by atoms with Gasteiger partial charge in [0.05, 0.1) is 0 Å². The lowest BCUT2D eigenvalue weighted by molar-refractivity contribution is 0.481. The van der Waals surface area contributed by atoms with Crippen LogP contribution in [-0.2, 0) is 0 Å². The van der Waals surface area contributed by atoms with Gasteiger partial charge in [0.2, 0.25) is 0 Å². The maximum Gasteiger partial charge on any atom is 0.146 e. The van der Waals surface area contributed by atoms with Crippen molar-refractivity contribution in [1.82, 2.24) is 0 Å². The van der Waals surface area contributed by atoms with Crippen LogP contribution in [0.2, 0.25) is 0 Å². The average molecular weight is 317 g/mol. The molecule has 0 aliphatic heterocycles. The molecule has 0 atom stereocenters. The minimum atomic E-state index is 0.498. The fourth-order valence-corrected chi connectivity index (χ4v) is 2.09. The van der Waals surface area contributed by atoms with Crippen LogP contribution < -0.4 is 9.64 Å². The van der Waals surface area contributed by atoms with E-state index in [0.29, 0.717) is 17.1 Å². The van der Waals surface area contributed by atoms with E-state index in [1.54, 1.807) is 6.07 Å². The zero-order valence-corrected chi connectivity index (χ0v) is 12.3. The molecular weight excluding hydrogens is 304 g/mol. The Morgan fingerprint density at radius 3 is 2.58 bits per heavy atom. The van der Waals surface area contributed by atoms with E-state index in [1.165, 1.54) is 0 Å². The first kappa shape index (κ1) is 13.4. The minimum Gasteiger partial charge on any atom is -0.456 e. The Balaban J connectivity index is 2.34. The van der Waals surface area contributed by atoms with E-state index in [2.05, 4.69) is 22.0 Å². The molecule has 0 bridgehead atoms. The second-order valence-electron chi connectivity index (χ2n) is 4.22. The van der Waals surface area contributed by atoms with Gasteiger partial charge in [-0.25, -0.2) is 0 Å². The Morgan fingerprint density at radius 2 is 1.89 bits per heavy atom. The van der Waals surface area contributed by atoms with E-state index in [4.69, 9.17) is 10.00 Å². The molecule has 0 aliphatic rings. The van der Waals surface area contributed by atoms with Crippen molar-refractivity contribution in [2.45, 2.75) is 0 Å². The standard InChI is InChI=1S/C15H13BrN2O/c1-18(2)11-5-3-6-12(9-11)19-15-8-4-7-14(16)13(15)10-17/h3-9H,1-2H3. The van der Waals surface area contributed by atoms with E-state index < -0.39 is 0 Å². The highest BCUT2D eigenvalue weighted by molar-refractivity contribution is 9.10. The van der Waals surface area contributed by atoms with Crippen LogP contribution in [0.25, 0.3) is 0 Å². The molecule has 0 fully saturated rings. The highest BCUT2D eigenvalue weighted by atomic mass is 79.9. The van der Waals surface area contributed by atoms with Crippen LogP contribution in [0.5, 0.6) is 11.5 Å². The van der Waals surface area contributed by atoms with Gasteiger partial charge in [-0.1, -0.05) is 12.1 Å². The van der Waals surface area contributed by atoms with Gasteiger partial charge in [-0.2, -0.15) is 5.26 Å². The first-order valence-electron chi connectivity index (χ1n) is 5.75. The van der Waals surface area contributed by atoms with Crippen LogP contribution in [0, 0.1) is 11.3 Å². The molecule has 0 aromatic heterocycles. The monoisotopic (exact) mass is 316 g/mol. The van der Waals surface area contributed by atoms with Crippen molar-refractivity contribution in [1.29, 1.82) is 5.26 Å². The van der Waals surface area contributed by atoms with Crippen LogP contribution in [0.3, 0.4) is 0 Å². The summed E-state index contributed by atoms with van der Waals surface area (Å²) in [6.45, 7) is 0. The summed E-state index contributed by atoms with van der Waals surface area (Å²) >= 11 is 3.35. The highest BCUT2D eigenvalue weighted by Crippen LogP contribution is 2.31. The van der Waals surface area contributed by atoms with Crippen molar-refractivity contribution < 1.29 is 4.74 Å². The molecule has 0 amide bonds. The lowest BCUT2D eigenvalue weighted by Gasteiger charge is -2.14. The average Bonchev–Trinajstić information content (AvgIpc) is 2.39. The number of nitrogens with zero attached hydrogens (tertiary/aromatic N) is 2. The topological polar surface area (TPSA) is 36.3 Å². The van der Waals surface area contributed by atoms with Gasteiger partial charge in [0.1, 0.15) is 23.1 Å². The third-order valence-electron chi connectivity index (χ3n) is 2.65. The van der Waals surface area contributed by atoms with Gasteiger partial charge in [0, 0.05) is 30.3 Å².